The summed E-state index contributed by atoms with van der Waals surface area (Å²) in [5.41, 5.74) is 1.68. The van der Waals surface area contributed by atoms with E-state index in [1.165, 1.54) is 26.4 Å². The number of rotatable bonds is 4. The molecule has 8 heteroatoms. The predicted octanol–water partition coefficient (Wildman–Crippen LogP) is 4.73. The fourth-order valence-corrected chi connectivity index (χ4v) is 4.49. The number of carbonyl (C=O) groups is 2. The van der Waals surface area contributed by atoms with Gasteiger partial charge in [-0.3, -0.25) is 9.59 Å². The molecule has 5 nitrogen and oxygen atoms in total. The number of halogens is 3. The highest BCUT2D eigenvalue weighted by Gasteiger charge is 2.39. The number of Topliss-reactive ketones (excluding diaryl/α,β-unsaturated/α-hetero) is 1. The molecular weight excluding hydrogens is 423 g/mol. The molecule has 0 spiro atoms. The summed E-state index contributed by atoms with van der Waals surface area (Å²) in [4.78, 5) is 25.5. The van der Waals surface area contributed by atoms with Gasteiger partial charge >= 0.3 is 6.18 Å². The molecule has 0 unspecified atom stereocenters. The number of methoxy groups -OCH3 is 2. The lowest BCUT2D eigenvalue weighted by molar-refractivity contribution is -0.137. The highest BCUT2D eigenvalue weighted by Crippen LogP contribution is 2.44. The Morgan fingerprint density at radius 1 is 0.875 bits per heavy atom. The second kappa shape index (κ2) is 8.33. The molecule has 0 saturated heterocycles. The highest BCUT2D eigenvalue weighted by atomic mass is 19.4. The van der Waals surface area contributed by atoms with Crippen LogP contribution in [0.1, 0.15) is 47.8 Å². The molecule has 2 aromatic carbocycles. The van der Waals surface area contributed by atoms with Crippen LogP contribution in [0.15, 0.2) is 53.7 Å². The van der Waals surface area contributed by atoms with E-state index in [-0.39, 0.29) is 30.4 Å². The van der Waals surface area contributed by atoms with Crippen LogP contribution in [0.2, 0.25) is 0 Å². The number of hydrogen-bond donors (Lipinski definition) is 1. The SMILES string of the molecule is COc1ccc([C@H]2CC(=O)C3=C(C2)NC(=O)C[C@@H]3c2ccc(C(F)(F)F)cc2)cc1OC. The first-order valence-corrected chi connectivity index (χ1v) is 10.2. The molecule has 1 aliphatic carbocycles. The maximum atomic E-state index is 13.2. The van der Waals surface area contributed by atoms with Crippen LogP contribution in [0.4, 0.5) is 13.2 Å². The zero-order chi connectivity index (χ0) is 23.0. The van der Waals surface area contributed by atoms with Crippen LogP contribution in [0, 0.1) is 0 Å². The van der Waals surface area contributed by atoms with E-state index in [0.717, 1.165) is 17.7 Å². The van der Waals surface area contributed by atoms with Crippen LogP contribution in [-0.4, -0.2) is 25.9 Å². The van der Waals surface area contributed by atoms with E-state index in [9.17, 15) is 22.8 Å². The van der Waals surface area contributed by atoms with Gasteiger partial charge in [0.05, 0.1) is 19.8 Å². The van der Waals surface area contributed by atoms with Gasteiger partial charge in [-0.15, -0.1) is 0 Å². The maximum absolute atomic E-state index is 13.2. The third-order valence-electron chi connectivity index (χ3n) is 6.06. The summed E-state index contributed by atoms with van der Waals surface area (Å²) < 4.78 is 49.4. The third-order valence-corrected chi connectivity index (χ3v) is 6.06. The van der Waals surface area contributed by atoms with Crippen molar-refractivity contribution >= 4 is 11.7 Å². The molecule has 4 rings (SSSR count). The largest absolute Gasteiger partial charge is 0.493 e. The van der Waals surface area contributed by atoms with Gasteiger partial charge in [-0.25, -0.2) is 0 Å². The Hall–Kier alpha value is -3.29. The van der Waals surface area contributed by atoms with Crippen molar-refractivity contribution in [2.75, 3.05) is 14.2 Å². The molecule has 2 atom stereocenters. The summed E-state index contributed by atoms with van der Waals surface area (Å²) in [6, 6.07) is 10.1. The lowest BCUT2D eigenvalue weighted by Crippen LogP contribution is -2.38. The fourth-order valence-electron chi connectivity index (χ4n) is 4.49. The van der Waals surface area contributed by atoms with Crippen LogP contribution in [-0.2, 0) is 15.8 Å². The lowest BCUT2D eigenvalue weighted by Gasteiger charge is -2.34. The lowest BCUT2D eigenvalue weighted by atomic mass is 9.73. The van der Waals surface area contributed by atoms with Crippen LogP contribution in [0.5, 0.6) is 11.5 Å². The fraction of sp³-hybridized carbons (Fsp3) is 0.333. The number of alkyl halides is 3. The van der Waals surface area contributed by atoms with E-state index in [0.29, 0.717) is 34.8 Å². The standard InChI is InChI=1S/C24H22F3NO4/c1-31-20-8-5-14(11-21(20)32-2)15-9-18-23(19(29)10-15)17(12-22(30)28-18)13-3-6-16(7-4-13)24(25,26)27/h3-8,11,15,17H,9-10,12H2,1-2H3,(H,28,30)/t15-,17-/m1/s1. The molecule has 0 aromatic heterocycles. The number of ketones is 1. The first-order valence-electron chi connectivity index (χ1n) is 10.2. The molecule has 32 heavy (non-hydrogen) atoms. The molecule has 0 radical (unpaired) electrons. The molecule has 0 saturated carbocycles. The number of allylic oxidation sites excluding steroid dienone is 2. The van der Waals surface area contributed by atoms with E-state index in [1.54, 1.807) is 6.07 Å². The molecule has 2 aliphatic rings. The molecule has 1 N–H and O–H groups in total. The van der Waals surface area contributed by atoms with Crippen molar-refractivity contribution in [3.05, 3.63) is 70.4 Å². The Labute approximate surface area is 183 Å². The van der Waals surface area contributed by atoms with Crippen molar-refractivity contribution in [2.45, 2.75) is 37.3 Å². The van der Waals surface area contributed by atoms with Gasteiger partial charge in [0.25, 0.3) is 0 Å². The minimum Gasteiger partial charge on any atom is -0.493 e. The van der Waals surface area contributed by atoms with Gasteiger partial charge in [0, 0.05) is 30.0 Å². The molecule has 0 bridgehead atoms. The second-order valence-electron chi connectivity index (χ2n) is 7.96. The van der Waals surface area contributed by atoms with E-state index in [1.807, 2.05) is 12.1 Å². The van der Waals surface area contributed by atoms with Crippen molar-refractivity contribution in [1.82, 2.24) is 5.32 Å². The summed E-state index contributed by atoms with van der Waals surface area (Å²) in [5.74, 6) is 0.0390. The van der Waals surface area contributed by atoms with Gasteiger partial charge in [-0.1, -0.05) is 18.2 Å². The second-order valence-corrected chi connectivity index (χ2v) is 7.96. The Morgan fingerprint density at radius 3 is 2.16 bits per heavy atom. The molecule has 1 amide bonds. The van der Waals surface area contributed by atoms with Gasteiger partial charge in [0.2, 0.25) is 5.91 Å². The van der Waals surface area contributed by atoms with E-state index in [4.69, 9.17) is 9.47 Å². The van der Waals surface area contributed by atoms with Gasteiger partial charge in [-0.2, -0.15) is 13.2 Å². The Morgan fingerprint density at radius 2 is 1.53 bits per heavy atom. The Balaban J connectivity index is 1.66. The monoisotopic (exact) mass is 445 g/mol. The number of carbonyl (C=O) groups excluding carboxylic acids is 2. The van der Waals surface area contributed by atoms with E-state index in [2.05, 4.69) is 5.32 Å². The van der Waals surface area contributed by atoms with Crippen LogP contribution >= 0.6 is 0 Å². The van der Waals surface area contributed by atoms with Crippen molar-refractivity contribution in [3.63, 3.8) is 0 Å². The molecule has 1 heterocycles. The average molecular weight is 445 g/mol. The van der Waals surface area contributed by atoms with Crippen LogP contribution < -0.4 is 14.8 Å². The molecule has 2 aromatic rings. The first kappa shape index (κ1) is 21.9. The number of benzene rings is 2. The third kappa shape index (κ3) is 4.09. The zero-order valence-corrected chi connectivity index (χ0v) is 17.6. The molecule has 1 aliphatic heterocycles. The number of nitrogens with one attached hydrogen (secondary N) is 1. The summed E-state index contributed by atoms with van der Waals surface area (Å²) in [6.07, 6.45) is -3.74. The smallest absolute Gasteiger partial charge is 0.416 e. The summed E-state index contributed by atoms with van der Waals surface area (Å²) in [6.45, 7) is 0. The average Bonchev–Trinajstić information content (AvgIpc) is 2.77. The predicted molar refractivity (Wildman–Crippen MR) is 110 cm³/mol. The normalized spacial score (nSPS) is 21.2. The summed E-state index contributed by atoms with van der Waals surface area (Å²) in [5, 5.41) is 2.82. The summed E-state index contributed by atoms with van der Waals surface area (Å²) in [7, 11) is 3.07. The van der Waals surface area contributed by atoms with Crippen molar-refractivity contribution < 1.29 is 32.2 Å². The van der Waals surface area contributed by atoms with Crippen molar-refractivity contribution in [3.8, 4) is 11.5 Å². The zero-order valence-electron chi connectivity index (χ0n) is 17.6. The molecular formula is C24H22F3NO4. The van der Waals surface area contributed by atoms with Gasteiger partial charge < -0.3 is 14.8 Å². The van der Waals surface area contributed by atoms with Gasteiger partial charge in [-0.05, 0) is 47.7 Å². The van der Waals surface area contributed by atoms with E-state index < -0.39 is 17.7 Å². The Kier molecular flexibility index (Phi) is 5.71. The van der Waals surface area contributed by atoms with Crippen LogP contribution in [0.3, 0.4) is 0 Å². The minimum absolute atomic E-state index is 0.0248. The highest BCUT2D eigenvalue weighted by molar-refractivity contribution is 6.02. The Bertz CT molecular complexity index is 1090. The van der Waals surface area contributed by atoms with Crippen molar-refractivity contribution in [1.29, 1.82) is 0 Å². The quantitative estimate of drug-likeness (QED) is 0.739. The summed E-state index contributed by atoms with van der Waals surface area (Å²) >= 11 is 0. The number of hydrogen-bond acceptors (Lipinski definition) is 4. The topological polar surface area (TPSA) is 64.6 Å². The van der Waals surface area contributed by atoms with Gasteiger partial charge in [0.1, 0.15) is 0 Å². The maximum Gasteiger partial charge on any atom is 0.416 e. The first-order chi connectivity index (χ1) is 15.2. The molecule has 168 valence electrons. The molecule has 0 fully saturated rings. The van der Waals surface area contributed by atoms with Gasteiger partial charge in [0.15, 0.2) is 17.3 Å². The van der Waals surface area contributed by atoms with Crippen LogP contribution in [0.25, 0.3) is 0 Å². The number of amides is 1. The minimum atomic E-state index is -4.44. The van der Waals surface area contributed by atoms with E-state index >= 15 is 0 Å². The number of ether oxygens (including phenoxy) is 2. The van der Waals surface area contributed by atoms with Crippen molar-refractivity contribution in [2.24, 2.45) is 0 Å².